The van der Waals surface area contributed by atoms with Gasteiger partial charge >= 0.3 is 5.97 Å². The van der Waals surface area contributed by atoms with Crippen LogP contribution < -0.4 is 10.2 Å². The summed E-state index contributed by atoms with van der Waals surface area (Å²) in [6.45, 7) is 2.64. The number of methoxy groups -OCH3 is 1. The molecule has 10 heteroatoms. The number of hydrogen-bond donors (Lipinski definition) is 2. The van der Waals surface area contributed by atoms with E-state index < -0.39 is 5.97 Å². The Kier molecular flexibility index (Phi) is 7.39. The van der Waals surface area contributed by atoms with Crippen LogP contribution in [0, 0.1) is 0 Å². The number of carbonyl (C=O) groups excluding carboxylic acids is 1. The van der Waals surface area contributed by atoms with Crippen molar-refractivity contribution in [2.75, 3.05) is 12.9 Å². The molecule has 1 aromatic heterocycles. The van der Waals surface area contributed by atoms with Crippen LogP contribution >= 0.6 is 11.8 Å². The van der Waals surface area contributed by atoms with Crippen molar-refractivity contribution in [1.82, 2.24) is 20.2 Å². The van der Waals surface area contributed by atoms with Gasteiger partial charge in [-0.25, -0.2) is 10.2 Å². The first-order valence-corrected chi connectivity index (χ1v) is 10.4. The molecule has 0 saturated carbocycles. The number of carboxylic acid groups (broad SMARTS) is 1. The largest absolute Gasteiger partial charge is 0.497 e. The van der Waals surface area contributed by atoms with Gasteiger partial charge in [0.05, 0.1) is 24.6 Å². The van der Waals surface area contributed by atoms with E-state index in [2.05, 4.69) is 20.7 Å². The van der Waals surface area contributed by atoms with E-state index in [1.54, 1.807) is 19.2 Å². The first kappa shape index (κ1) is 22.0. The number of nitrogens with one attached hydrogen (secondary N) is 1. The number of ether oxygens (including phenoxy) is 1. The lowest BCUT2D eigenvalue weighted by Gasteiger charge is -2.07. The minimum absolute atomic E-state index is 0.121. The van der Waals surface area contributed by atoms with Crippen LogP contribution in [0.4, 0.5) is 0 Å². The van der Waals surface area contributed by atoms with Crippen molar-refractivity contribution in [3.63, 3.8) is 0 Å². The van der Waals surface area contributed by atoms with Crippen molar-refractivity contribution < 1.29 is 19.4 Å². The standard InChI is InChI=1S/C21H21N5O4S/c1-3-26-19(15-8-10-17(30-2)11-9-15)24-25-21(26)31-13-18(27)23-22-12-14-4-6-16(7-5-14)20(28)29/h4-12H,3,13H2,1-2H3,(H,23,27)(H,28,29)/b22-12-. The lowest BCUT2D eigenvalue weighted by molar-refractivity contribution is -0.118. The summed E-state index contributed by atoms with van der Waals surface area (Å²) in [4.78, 5) is 23.0. The summed E-state index contributed by atoms with van der Waals surface area (Å²) < 4.78 is 7.12. The Bertz CT molecular complexity index is 1080. The number of aromatic carboxylic acids is 1. The SMILES string of the molecule is CCn1c(SCC(=O)N/N=C\c2ccc(C(=O)O)cc2)nnc1-c1ccc(OC)cc1. The number of carbonyl (C=O) groups is 2. The Morgan fingerprint density at radius 2 is 1.87 bits per heavy atom. The van der Waals surface area contributed by atoms with E-state index in [1.165, 1.54) is 30.1 Å². The van der Waals surface area contributed by atoms with Crippen molar-refractivity contribution in [3.8, 4) is 17.1 Å². The molecule has 0 unspecified atom stereocenters. The molecule has 2 N–H and O–H groups in total. The predicted octanol–water partition coefficient (Wildman–Crippen LogP) is 2.91. The average molecular weight is 439 g/mol. The minimum atomic E-state index is -0.996. The molecule has 0 fully saturated rings. The molecule has 3 rings (SSSR count). The Hall–Kier alpha value is -3.66. The molecule has 0 spiro atoms. The summed E-state index contributed by atoms with van der Waals surface area (Å²) in [5, 5.41) is 21.9. The zero-order valence-electron chi connectivity index (χ0n) is 17.0. The van der Waals surface area contributed by atoms with Gasteiger partial charge in [-0.1, -0.05) is 23.9 Å². The molecular weight excluding hydrogens is 418 g/mol. The lowest BCUT2D eigenvalue weighted by atomic mass is 10.1. The van der Waals surface area contributed by atoms with E-state index in [4.69, 9.17) is 9.84 Å². The second kappa shape index (κ2) is 10.4. The minimum Gasteiger partial charge on any atom is -0.497 e. The number of hydrogen-bond acceptors (Lipinski definition) is 7. The van der Waals surface area contributed by atoms with E-state index >= 15 is 0 Å². The molecule has 0 aliphatic carbocycles. The molecule has 160 valence electrons. The summed E-state index contributed by atoms with van der Waals surface area (Å²) in [6.07, 6.45) is 1.45. The average Bonchev–Trinajstić information content (AvgIpc) is 3.21. The third-order valence-corrected chi connectivity index (χ3v) is 5.24. The highest BCUT2D eigenvalue weighted by atomic mass is 32.2. The number of rotatable bonds is 9. The van der Waals surface area contributed by atoms with Crippen molar-refractivity contribution in [2.24, 2.45) is 5.10 Å². The number of benzene rings is 2. The lowest BCUT2D eigenvalue weighted by Crippen LogP contribution is -2.20. The first-order valence-electron chi connectivity index (χ1n) is 9.37. The number of hydrazone groups is 1. The summed E-state index contributed by atoms with van der Waals surface area (Å²) in [6, 6.07) is 13.7. The molecule has 1 heterocycles. The Morgan fingerprint density at radius 3 is 2.48 bits per heavy atom. The highest BCUT2D eigenvalue weighted by Gasteiger charge is 2.14. The van der Waals surface area contributed by atoms with Crippen LogP contribution in [0.3, 0.4) is 0 Å². The highest BCUT2D eigenvalue weighted by Crippen LogP contribution is 2.25. The maximum atomic E-state index is 12.1. The van der Waals surface area contributed by atoms with Crippen LogP contribution in [0.1, 0.15) is 22.8 Å². The predicted molar refractivity (Wildman–Crippen MR) is 118 cm³/mol. The number of nitrogens with zero attached hydrogens (tertiary/aromatic N) is 4. The smallest absolute Gasteiger partial charge is 0.335 e. The summed E-state index contributed by atoms with van der Waals surface area (Å²) in [5.41, 5.74) is 4.22. The highest BCUT2D eigenvalue weighted by molar-refractivity contribution is 7.99. The number of amides is 1. The zero-order valence-corrected chi connectivity index (χ0v) is 17.8. The Labute approximate surface area is 183 Å². The third-order valence-electron chi connectivity index (χ3n) is 4.27. The second-order valence-corrected chi connectivity index (χ2v) is 7.23. The molecule has 0 bridgehead atoms. The van der Waals surface area contributed by atoms with Gasteiger partial charge in [-0.3, -0.25) is 4.79 Å². The molecule has 2 aromatic carbocycles. The number of thioether (sulfide) groups is 1. The Balaban J connectivity index is 1.57. The number of aromatic nitrogens is 3. The van der Waals surface area contributed by atoms with Gasteiger partial charge < -0.3 is 14.4 Å². The molecule has 0 saturated heterocycles. The van der Waals surface area contributed by atoms with Gasteiger partial charge in [0.15, 0.2) is 11.0 Å². The van der Waals surface area contributed by atoms with Gasteiger partial charge in [-0.05, 0) is 48.9 Å². The third kappa shape index (κ3) is 5.70. The maximum Gasteiger partial charge on any atom is 0.335 e. The molecular formula is C21H21N5O4S. The van der Waals surface area contributed by atoms with Crippen LogP contribution in [0.15, 0.2) is 58.8 Å². The zero-order chi connectivity index (χ0) is 22.2. The normalized spacial score (nSPS) is 10.9. The van der Waals surface area contributed by atoms with E-state index in [1.807, 2.05) is 35.8 Å². The fourth-order valence-electron chi connectivity index (χ4n) is 2.69. The molecule has 3 aromatic rings. The fourth-order valence-corrected chi connectivity index (χ4v) is 3.48. The van der Waals surface area contributed by atoms with Crippen molar-refractivity contribution in [1.29, 1.82) is 0 Å². The molecule has 1 amide bonds. The molecule has 0 radical (unpaired) electrons. The van der Waals surface area contributed by atoms with Crippen molar-refractivity contribution in [3.05, 3.63) is 59.7 Å². The van der Waals surface area contributed by atoms with E-state index in [-0.39, 0.29) is 17.2 Å². The van der Waals surface area contributed by atoms with Crippen LogP contribution in [0.25, 0.3) is 11.4 Å². The maximum absolute atomic E-state index is 12.1. The molecule has 31 heavy (non-hydrogen) atoms. The van der Waals surface area contributed by atoms with E-state index in [0.717, 1.165) is 17.1 Å². The van der Waals surface area contributed by atoms with Gasteiger partial charge in [0.1, 0.15) is 5.75 Å². The monoisotopic (exact) mass is 439 g/mol. The summed E-state index contributed by atoms with van der Waals surface area (Å²) in [5.74, 6) is 0.312. The van der Waals surface area contributed by atoms with Crippen LogP contribution in [0.5, 0.6) is 5.75 Å². The molecule has 9 nitrogen and oxygen atoms in total. The fraction of sp³-hybridized carbons (Fsp3) is 0.190. The summed E-state index contributed by atoms with van der Waals surface area (Å²) >= 11 is 1.27. The van der Waals surface area contributed by atoms with Gasteiger partial charge in [0, 0.05) is 12.1 Å². The Morgan fingerprint density at radius 1 is 1.16 bits per heavy atom. The second-order valence-electron chi connectivity index (χ2n) is 6.29. The van der Waals surface area contributed by atoms with Crippen molar-refractivity contribution in [2.45, 2.75) is 18.6 Å². The quantitative estimate of drug-likeness (QED) is 0.299. The van der Waals surface area contributed by atoms with Gasteiger partial charge in [0.25, 0.3) is 5.91 Å². The molecule has 0 atom stereocenters. The van der Waals surface area contributed by atoms with Gasteiger partial charge in [-0.2, -0.15) is 5.10 Å². The molecule has 0 aliphatic heterocycles. The van der Waals surface area contributed by atoms with Crippen molar-refractivity contribution >= 4 is 29.9 Å². The van der Waals surface area contributed by atoms with Gasteiger partial charge in [0.2, 0.25) is 0 Å². The van der Waals surface area contributed by atoms with Crippen LogP contribution in [-0.2, 0) is 11.3 Å². The van der Waals surface area contributed by atoms with Gasteiger partial charge in [-0.15, -0.1) is 10.2 Å². The van der Waals surface area contributed by atoms with Crippen LogP contribution in [0.2, 0.25) is 0 Å². The molecule has 0 aliphatic rings. The van der Waals surface area contributed by atoms with E-state index in [0.29, 0.717) is 17.3 Å². The van der Waals surface area contributed by atoms with E-state index in [9.17, 15) is 9.59 Å². The van der Waals surface area contributed by atoms with Crippen LogP contribution in [-0.4, -0.2) is 50.8 Å². The topological polar surface area (TPSA) is 119 Å². The first-order chi connectivity index (χ1) is 15.0. The summed E-state index contributed by atoms with van der Waals surface area (Å²) in [7, 11) is 1.61. The number of carboxylic acids is 1.